The number of halogens is 1. The molecule has 0 radical (unpaired) electrons. The fraction of sp³-hybridized carbons (Fsp3) is 0.353. The van der Waals surface area contributed by atoms with Gasteiger partial charge >= 0.3 is 6.03 Å². The molecule has 1 aromatic heterocycles. The maximum Gasteiger partial charge on any atom is 0.315 e. The summed E-state index contributed by atoms with van der Waals surface area (Å²) in [4.78, 5) is 23.6. The molecule has 6 nitrogen and oxygen atoms in total. The van der Waals surface area contributed by atoms with Crippen molar-refractivity contribution in [2.75, 3.05) is 6.54 Å². The molecule has 0 spiro atoms. The average Bonchev–Trinajstić information content (AvgIpc) is 3.41. The van der Waals surface area contributed by atoms with Crippen molar-refractivity contribution in [1.29, 1.82) is 0 Å². The average molecular weight is 347 g/mol. The van der Waals surface area contributed by atoms with Gasteiger partial charge in [-0.25, -0.2) is 9.48 Å². The highest BCUT2D eigenvalue weighted by molar-refractivity contribution is 6.30. The molecule has 24 heavy (non-hydrogen) atoms. The standard InChI is InChI=1S/C17H19ClN4O2/c18-14-5-1-12(2-6-14)11-20-17(24)19-9-10-22-16(23)8-7-15(21-22)13-3-4-13/h1-2,5-8,13H,3-4,9-11H2,(H2,19,20,24). The highest BCUT2D eigenvalue weighted by atomic mass is 35.5. The van der Waals surface area contributed by atoms with Crippen molar-refractivity contribution in [3.63, 3.8) is 0 Å². The van der Waals surface area contributed by atoms with E-state index in [1.165, 1.54) is 4.68 Å². The van der Waals surface area contributed by atoms with Gasteiger partial charge in [-0.1, -0.05) is 23.7 Å². The first-order chi connectivity index (χ1) is 11.6. The van der Waals surface area contributed by atoms with Gasteiger partial charge in [-0.05, 0) is 36.6 Å². The summed E-state index contributed by atoms with van der Waals surface area (Å²) in [7, 11) is 0. The van der Waals surface area contributed by atoms with E-state index in [1.54, 1.807) is 24.3 Å². The zero-order valence-corrected chi connectivity index (χ0v) is 13.9. The molecule has 0 atom stereocenters. The first-order valence-corrected chi connectivity index (χ1v) is 8.34. The summed E-state index contributed by atoms with van der Waals surface area (Å²) < 4.78 is 1.41. The predicted molar refractivity (Wildman–Crippen MR) is 92.2 cm³/mol. The van der Waals surface area contributed by atoms with Crippen molar-refractivity contribution in [2.45, 2.75) is 31.8 Å². The van der Waals surface area contributed by atoms with E-state index in [-0.39, 0.29) is 11.6 Å². The normalized spacial score (nSPS) is 13.5. The minimum absolute atomic E-state index is 0.150. The fourth-order valence-corrected chi connectivity index (χ4v) is 2.47. The van der Waals surface area contributed by atoms with Crippen LogP contribution in [0.1, 0.15) is 30.0 Å². The minimum atomic E-state index is -0.281. The van der Waals surface area contributed by atoms with Crippen LogP contribution in [0.5, 0.6) is 0 Å². The Kier molecular flexibility index (Phi) is 5.15. The molecule has 0 aliphatic heterocycles. The van der Waals surface area contributed by atoms with Gasteiger partial charge in [0.1, 0.15) is 0 Å². The molecule has 126 valence electrons. The second kappa shape index (κ2) is 7.49. The Balaban J connectivity index is 1.44. The van der Waals surface area contributed by atoms with Gasteiger partial charge in [-0.3, -0.25) is 4.79 Å². The Hall–Kier alpha value is -2.34. The third kappa shape index (κ3) is 4.58. The lowest BCUT2D eigenvalue weighted by Gasteiger charge is -2.09. The second-order valence-electron chi connectivity index (χ2n) is 5.83. The number of nitrogens with one attached hydrogen (secondary N) is 2. The van der Waals surface area contributed by atoms with Crippen LogP contribution in [0.3, 0.4) is 0 Å². The highest BCUT2D eigenvalue weighted by Gasteiger charge is 2.25. The molecule has 1 saturated carbocycles. The molecule has 1 fully saturated rings. The van der Waals surface area contributed by atoms with Crippen LogP contribution in [0.25, 0.3) is 0 Å². The zero-order valence-electron chi connectivity index (χ0n) is 13.2. The van der Waals surface area contributed by atoms with E-state index in [0.717, 1.165) is 24.1 Å². The van der Waals surface area contributed by atoms with Gasteiger partial charge in [0.25, 0.3) is 5.56 Å². The van der Waals surface area contributed by atoms with Gasteiger partial charge < -0.3 is 10.6 Å². The van der Waals surface area contributed by atoms with Crippen LogP contribution in [0.4, 0.5) is 4.79 Å². The summed E-state index contributed by atoms with van der Waals surface area (Å²) >= 11 is 5.81. The third-order valence-corrected chi connectivity index (χ3v) is 4.11. The van der Waals surface area contributed by atoms with E-state index in [4.69, 9.17) is 11.6 Å². The number of hydrogen-bond donors (Lipinski definition) is 2. The smallest absolute Gasteiger partial charge is 0.315 e. The van der Waals surface area contributed by atoms with Crippen LogP contribution in [0.2, 0.25) is 5.02 Å². The quantitative estimate of drug-likeness (QED) is 0.842. The van der Waals surface area contributed by atoms with E-state index < -0.39 is 0 Å². The van der Waals surface area contributed by atoms with E-state index in [2.05, 4.69) is 15.7 Å². The first-order valence-electron chi connectivity index (χ1n) is 7.96. The van der Waals surface area contributed by atoms with Gasteiger partial charge in [0, 0.05) is 30.1 Å². The van der Waals surface area contributed by atoms with E-state index >= 15 is 0 Å². The van der Waals surface area contributed by atoms with Crippen molar-refractivity contribution in [2.24, 2.45) is 0 Å². The van der Waals surface area contributed by atoms with Crippen molar-refractivity contribution in [3.8, 4) is 0 Å². The topological polar surface area (TPSA) is 76.0 Å². The Morgan fingerprint density at radius 2 is 1.92 bits per heavy atom. The first kappa shape index (κ1) is 16.5. The minimum Gasteiger partial charge on any atom is -0.336 e. The van der Waals surface area contributed by atoms with E-state index in [1.807, 2.05) is 12.1 Å². The second-order valence-corrected chi connectivity index (χ2v) is 6.27. The van der Waals surface area contributed by atoms with Gasteiger partial charge in [0.05, 0.1) is 12.2 Å². The lowest BCUT2D eigenvalue weighted by molar-refractivity contribution is 0.240. The third-order valence-electron chi connectivity index (χ3n) is 3.86. The number of amides is 2. The summed E-state index contributed by atoms with van der Waals surface area (Å²) in [5.41, 5.74) is 1.77. The number of carbonyl (C=O) groups is 1. The van der Waals surface area contributed by atoms with Crippen molar-refractivity contribution in [1.82, 2.24) is 20.4 Å². The predicted octanol–water partition coefficient (Wildman–Crippen LogP) is 2.27. The largest absolute Gasteiger partial charge is 0.336 e. The fourth-order valence-electron chi connectivity index (χ4n) is 2.34. The van der Waals surface area contributed by atoms with Crippen LogP contribution in [-0.2, 0) is 13.1 Å². The van der Waals surface area contributed by atoms with Crippen LogP contribution in [0.15, 0.2) is 41.2 Å². The monoisotopic (exact) mass is 346 g/mol. The Bertz CT molecular complexity index is 769. The summed E-state index contributed by atoms with van der Waals surface area (Å²) in [5.74, 6) is 0.493. The molecule has 1 heterocycles. The molecule has 1 aromatic carbocycles. The number of hydrogen-bond acceptors (Lipinski definition) is 3. The molecule has 2 N–H and O–H groups in total. The Morgan fingerprint density at radius 1 is 1.17 bits per heavy atom. The van der Waals surface area contributed by atoms with E-state index in [0.29, 0.717) is 30.6 Å². The SMILES string of the molecule is O=C(NCCn1nc(C2CC2)ccc1=O)NCc1ccc(Cl)cc1. The van der Waals surface area contributed by atoms with E-state index in [9.17, 15) is 9.59 Å². The summed E-state index contributed by atoms with van der Waals surface area (Å²) in [6.07, 6.45) is 2.27. The molecule has 0 unspecified atom stereocenters. The molecule has 1 aliphatic rings. The Morgan fingerprint density at radius 3 is 2.62 bits per heavy atom. The number of urea groups is 1. The molecule has 1 aliphatic carbocycles. The van der Waals surface area contributed by atoms with Crippen LogP contribution < -0.4 is 16.2 Å². The lowest BCUT2D eigenvalue weighted by Crippen LogP contribution is -2.38. The molecular weight excluding hydrogens is 328 g/mol. The molecule has 2 amide bonds. The lowest BCUT2D eigenvalue weighted by atomic mass is 10.2. The van der Waals surface area contributed by atoms with Crippen LogP contribution in [0, 0.1) is 0 Å². The molecular formula is C17H19ClN4O2. The van der Waals surface area contributed by atoms with Crippen molar-refractivity contribution < 1.29 is 4.79 Å². The van der Waals surface area contributed by atoms with Gasteiger partial charge in [-0.15, -0.1) is 0 Å². The van der Waals surface area contributed by atoms with Crippen molar-refractivity contribution in [3.05, 3.63) is 63.0 Å². The van der Waals surface area contributed by atoms with Crippen LogP contribution in [-0.4, -0.2) is 22.4 Å². The Labute approximate surface area is 144 Å². The highest BCUT2D eigenvalue weighted by Crippen LogP contribution is 2.38. The summed E-state index contributed by atoms with van der Waals surface area (Å²) in [6, 6.07) is 10.3. The summed E-state index contributed by atoms with van der Waals surface area (Å²) in [6.45, 7) is 1.11. The molecule has 0 saturated heterocycles. The maximum absolute atomic E-state index is 11.8. The number of aromatic nitrogens is 2. The summed E-state index contributed by atoms with van der Waals surface area (Å²) in [5, 5.41) is 10.5. The van der Waals surface area contributed by atoms with Gasteiger partial charge in [0.2, 0.25) is 0 Å². The molecule has 3 rings (SSSR count). The van der Waals surface area contributed by atoms with Crippen molar-refractivity contribution >= 4 is 17.6 Å². The number of nitrogens with zero attached hydrogens (tertiary/aromatic N) is 2. The molecule has 0 bridgehead atoms. The molecule has 2 aromatic rings. The number of benzene rings is 1. The number of carbonyl (C=O) groups excluding carboxylic acids is 1. The number of rotatable bonds is 6. The molecule has 7 heteroatoms. The zero-order chi connectivity index (χ0) is 16.9. The maximum atomic E-state index is 11.8. The van der Waals surface area contributed by atoms with Crippen LogP contribution >= 0.6 is 11.6 Å². The van der Waals surface area contributed by atoms with Gasteiger partial charge in [0.15, 0.2) is 0 Å². The van der Waals surface area contributed by atoms with Gasteiger partial charge in [-0.2, -0.15) is 5.10 Å².